The molecule has 1 aromatic rings. The molecule has 0 radical (unpaired) electrons. The Labute approximate surface area is 79.2 Å². The Morgan fingerprint density at radius 1 is 1.71 bits per heavy atom. The van der Waals surface area contributed by atoms with Crippen LogP contribution in [0.5, 0.6) is 5.88 Å². The lowest BCUT2D eigenvalue weighted by Crippen LogP contribution is -1.95. The van der Waals surface area contributed by atoms with Crippen molar-refractivity contribution in [2.24, 2.45) is 0 Å². The van der Waals surface area contributed by atoms with Gasteiger partial charge in [-0.25, -0.2) is 4.79 Å². The summed E-state index contributed by atoms with van der Waals surface area (Å²) in [6.07, 6.45) is 1.38. The van der Waals surface area contributed by atoms with Crippen molar-refractivity contribution in [2.75, 3.05) is 0 Å². The van der Waals surface area contributed by atoms with Gasteiger partial charge in [-0.1, -0.05) is 0 Å². The molecule has 1 rings (SSSR count). The summed E-state index contributed by atoms with van der Waals surface area (Å²) < 4.78 is 4.43. The predicted octanol–water partition coefficient (Wildman–Crippen LogP) is 0.433. The van der Waals surface area contributed by atoms with E-state index in [-0.39, 0.29) is 17.9 Å². The number of carbonyl (C=O) groups excluding carboxylic acids is 1. The van der Waals surface area contributed by atoms with Crippen LogP contribution in [-0.4, -0.2) is 27.7 Å². The molecule has 0 bridgehead atoms. The molecule has 0 saturated heterocycles. The zero-order valence-corrected chi connectivity index (χ0v) is 7.35. The number of nitrogens with one attached hydrogen (secondary N) is 1. The number of carbonyl (C=O) groups is 2. The molecule has 6 heteroatoms. The first-order chi connectivity index (χ1) is 6.63. The highest BCUT2D eigenvalue weighted by atomic mass is 16.5. The van der Waals surface area contributed by atoms with E-state index in [1.165, 1.54) is 19.1 Å². The standard InChI is InChI=1S/C8H8N2O4/c1-5(8(12)13)2-6-3-7(10-9-6)14-4-11/h2-4H,1H3,(H,9,10)(H,12,13)/b5-2+. The number of carboxylic acids is 1. The maximum atomic E-state index is 10.4. The van der Waals surface area contributed by atoms with Gasteiger partial charge in [0.15, 0.2) is 0 Å². The highest BCUT2D eigenvalue weighted by Gasteiger charge is 2.03. The monoisotopic (exact) mass is 196 g/mol. The van der Waals surface area contributed by atoms with Gasteiger partial charge in [-0.3, -0.25) is 9.89 Å². The molecule has 0 aliphatic heterocycles. The van der Waals surface area contributed by atoms with E-state index in [4.69, 9.17) is 5.11 Å². The zero-order valence-electron chi connectivity index (χ0n) is 7.35. The number of carboxylic acid groups (broad SMARTS) is 1. The predicted molar refractivity (Wildman–Crippen MR) is 46.6 cm³/mol. The Morgan fingerprint density at radius 3 is 3.00 bits per heavy atom. The van der Waals surface area contributed by atoms with Gasteiger partial charge < -0.3 is 9.84 Å². The molecule has 74 valence electrons. The zero-order chi connectivity index (χ0) is 10.6. The van der Waals surface area contributed by atoms with Crippen LogP contribution in [0.25, 0.3) is 6.08 Å². The Morgan fingerprint density at radius 2 is 2.43 bits per heavy atom. The summed E-state index contributed by atoms with van der Waals surface area (Å²) in [7, 11) is 0. The second-order valence-electron chi connectivity index (χ2n) is 2.51. The maximum absolute atomic E-state index is 10.4. The average molecular weight is 196 g/mol. The van der Waals surface area contributed by atoms with Gasteiger partial charge in [0.25, 0.3) is 6.47 Å². The lowest BCUT2D eigenvalue weighted by Gasteiger charge is -1.89. The number of rotatable bonds is 4. The molecule has 0 saturated carbocycles. The van der Waals surface area contributed by atoms with E-state index in [1.54, 1.807) is 0 Å². The Balaban J connectivity index is 2.82. The number of aliphatic carboxylic acids is 1. The number of aromatic amines is 1. The molecular weight excluding hydrogens is 188 g/mol. The molecule has 1 aromatic heterocycles. The van der Waals surface area contributed by atoms with Gasteiger partial charge in [0, 0.05) is 11.6 Å². The number of H-pyrrole nitrogens is 1. The second-order valence-corrected chi connectivity index (χ2v) is 2.51. The van der Waals surface area contributed by atoms with Crippen LogP contribution in [0.3, 0.4) is 0 Å². The largest absolute Gasteiger partial charge is 0.478 e. The number of hydrogen-bond acceptors (Lipinski definition) is 4. The van der Waals surface area contributed by atoms with Gasteiger partial charge in [-0.05, 0) is 13.0 Å². The molecule has 6 nitrogen and oxygen atoms in total. The van der Waals surface area contributed by atoms with E-state index in [2.05, 4.69) is 14.9 Å². The van der Waals surface area contributed by atoms with Crippen molar-refractivity contribution < 1.29 is 19.4 Å². The minimum atomic E-state index is -1.02. The van der Waals surface area contributed by atoms with Crippen LogP contribution in [0.4, 0.5) is 0 Å². The van der Waals surface area contributed by atoms with Crippen LogP contribution in [0.1, 0.15) is 12.6 Å². The van der Waals surface area contributed by atoms with Crippen molar-refractivity contribution in [1.82, 2.24) is 10.2 Å². The molecule has 1 heterocycles. The third-order valence-electron chi connectivity index (χ3n) is 1.45. The molecule has 0 aromatic carbocycles. The Kier molecular flexibility index (Phi) is 3.01. The normalized spacial score (nSPS) is 11.1. The van der Waals surface area contributed by atoms with Gasteiger partial charge in [0.1, 0.15) is 0 Å². The molecule has 0 aliphatic rings. The summed E-state index contributed by atoms with van der Waals surface area (Å²) in [5.41, 5.74) is 0.619. The topological polar surface area (TPSA) is 92.3 Å². The summed E-state index contributed by atoms with van der Waals surface area (Å²) in [5.74, 6) is -0.915. The molecule has 0 atom stereocenters. The van der Waals surface area contributed by atoms with Crippen LogP contribution in [-0.2, 0) is 9.59 Å². The van der Waals surface area contributed by atoms with E-state index >= 15 is 0 Å². The highest BCUT2D eigenvalue weighted by molar-refractivity contribution is 5.91. The van der Waals surface area contributed by atoms with Crippen LogP contribution in [0, 0.1) is 0 Å². The number of nitrogens with zero attached hydrogens (tertiary/aromatic N) is 1. The first kappa shape index (κ1) is 9.97. The van der Waals surface area contributed by atoms with Crippen LogP contribution in [0.2, 0.25) is 0 Å². The van der Waals surface area contributed by atoms with Crippen LogP contribution >= 0.6 is 0 Å². The fourth-order valence-electron chi connectivity index (χ4n) is 0.796. The van der Waals surface area contributed by atoms with Crippen molar-refractivity contribution in [1.29, 1.82) is 0 Å². The van der Waals surface area contributed by atoms with E-state index < -0.39 is 5.97 Å². The average Bonchev–Trinajstić information content (AvgIpc) is 2.53. The summed E-state index contributed by atoms with van der Waals surface area (Å²) in [5, 5.41) is 14.7. The molecule has 0 amide bonds. The van der Waals surface area contributed by atoms with Gasteiger partial charge in [0.05, 0.1) is 5.69 Å². The summed E-state index contributed by atoms with van der Waals surface area (Å²) in [4.78, 5) is 20.4. The summed E-state index contributed by atoms with van der Waals surface area (Å²) in [6, 6.07) is 1.42. The fraction of sp³-hybridized carbons (Fsp3) is 0.125. The van der Waals surface area contributed by atoms with Crippen LogP contribution in [0.15, 0.2) is 11.6 Å². The van der Waals surface area contributed by atoms with E-state index in [9.17, 15) is 9.59 Å². The molecule has 0 fully saturated rings. The van der Waals surface area contributed by atoms with Crippen molar-refractivity contribution in [3.63, 3.8) is 0 Å². The van der Waals surface area contributed by atoms with E-state index in [0.29, 0.717) is 5.69 Å². The molecular formula is C8H8N2O4. The first-order valence-corrected chi connectivity index (χ1v) is 3.71. The second kappa shape index (κ2) is 4.22. The highest BCUT2D eigenvalue weighted by Crippen LogP contribution is 2.10. The van der Waals surface area contributed by atoms with Gasteiger partial charge >= 0.3 is 5.97 Å². The van der Waals surface area contributed by atoms with E-state index in [1.807, 2.05) is 0 Å². The lowest BCUT2D eigenvalue weighted by molar-refractivity contribution is -0.132. The van der Waals surface area contributed by atoms with Gasteiger partial charge in [-0.15, -0.1) is 5.10 Å². The number of ether oxygens (including phenoxy) is 1. The smallest absolute Gasteiger partial charge is 0.331 e. The Hall–Kier alpha value is -2.11. The molecule has 2 N–H and O–H groups in total. The van der Waals surface area contributed by atoms with Crippen LogP contribution < -0.4 is 4.74 Å². The first-order valence-electron chi connectivity index (χ1n) is 3.71. The number of hydrogen-bond donors (Lipinski definition) is 2. The minimum absolute atomic E-state index is 0.101. The molecule has 0 unspecified atom stereocenters. The van der Waals surface area contributed by atoms with Crippen molar-refractivity contribution in [3.05, 3.63) is 17.3 Å². The molecule has 14 heavy (non-hydrogen) atoms. The quantitative estimate of drug-likeness (QED) is 0.538. The van der Waals surface area contributed by atoms with Crippen molar-refractivity contribution in [3.8, 4) is 5.88 Å². The van der Waals surface area contributed by atoms with Crippen molar-refractivity contribution >= 4 is 18.5 Å². The molecule has 0 aliphatic carbocycles. The summed E-state index contributed by atoms with van der Waals surface area (Å²) in [6.45, 7) is 1.69. The fourth-order valence-corrected chi connectivity index (χ4v) is 0.796. The van der Waals surface area contributed by atoms with E-state index in [0.717, 1.165) is 0 Å². The number of aromatic nitrogens is 2. The van der Waals surface area contributed by atoms with Crippen molar-refractivity contribution in [2.45, 2.75) is 6.92 Å². The minimum Gasteiger partial charge on any atom is -0.478 e. The summed E-state index contributed by atoms with van der Waals surface area (Å²) >= 11 is 0. The molecule has 0 spiro atoms. The van der Waals surface area contributed by atoms with Gasteiger partial charge in [0.2, 0.25) is 5.88 Å². The Bertz CT molecular complexity index is 380. The maximum Gasteiger partial charge on any atom is 0.331 e. The SMILES string of the molecule is C/C(=C\c1cc(OC=O)n[nH]1)C(=O)O. The third kappa shape index (κ3) is 2.44. The van der Waals surface area contributed by atoms with Gasteiger partial charge in [-0.2, -0.15) is 0 Å². The lowest BCUT2D eigenvalue weighted by atomic mass is 10.2. The third-order valence-corrected chi connectivity index (χ3v) is 1.45.